The van der Waals surface area contributed by atoms with Crippen LogP contribution >= 0.6 is 23.2 Å². The van der Waals surface area contributed by atoms with Gasteiger partial charge in [0.15, 0.2) is 6.10 Å². The van der Waals surface area contributed by atoms with Crippen LogP contribution in [0.25, 0.3) is 0 Å². The Morgan fingerprint density at radius 2 is 1.75 bits per heavy atom. The summed E-state index contributed by atoms with van der Waals surface area (Å²) >= 11 is 12.0. The normalized spacial score (nSPS) is 13.5. The van der Waals surface area contributed by atoms with E-state index in [9.17, 15) is 13.2 Å². The van der Waals surface area contributed by atoms with Crippen molar-refractivity contribution in [2.45, 2.75) is 18.8 Å². The molecule has 0 aliphatic carbocycles. The van der Waals surface area contributed by atoms with Crippen molar-refractivity contribution in [3.63, 3.8) is 0 Å². The number of aromatic nitrogens is 1. The van der Waals surface area contributed by atoms with Gasteiger partial charge in [-0.15, -0.1) is 0 Å². The standard InChI is InChI=1S/C13H10Cl2F3NO/c14-10-2-1-3-11(15)9(10)7-19-5-4-8(6-19)12(20)13(16,17)18/h1-6,12,20H,7H2. The molecule has 7 heteroatoms. The molecule has 1 heterocycles. The van der Waals surface area contributed by atoms with Crippen molar-refractivity contribution in [1.82, 2.24) is 4.57 Å². The van der Waals surface area contributed by atoms with Gasteiger partial charge >= 0.3 is 6.18 Å². The molecule has 108 valence electrons. The Bertz CT molecular complexity index is 590. The van der Waals surface area contributed by atoms with Gasteiger partial charge in [-0.1, -0.05) is 29.3 Å². The predicted molar refractivity (Wildman–Crippen MR) is 71.0 cm³/mol. The number of hydrogen-bond acceptors (Lipinski definition) is 1. The highest BCUT2D eigenvalue weighted by Crippen LogP contribution is 2.33. The minimum Gasteiger partial charge on any atom is -0.379 e. The Labute approximate surface area is 123 Å². The van der Waals surface area contributed by atoms with E-state index in [2.05, 4.69) is 0 Å². The topological polar surface area (TPSA) is 25.2 Å². The zero-order valence-corrected chi connectivity index (χ0v) is 11.5. The van der Waals surface area contributed by atoms with Crippen molar-refractivity contribution >= 4 is 23.2 Å². The van der Waals surface area contributed by atoms with E-state index in [1.54, 1.807) is 18.2 Å². The summed E-state index contributed by atoms with van der Waals surface area (Å²) in [6.45, 7) is 0.225. The second-order valence-electron chi connectivity index (χ2n) is 4.26. The van der Waals surface area contributed by atoms with Gasteiger partial charge in [-0.2, -0.15) is 13.2 Å². The third kappa shape index (κ3) is 3.29. The maximum absolute atomic E-state index is 12.4. The Hall–Kier alpha value is -1.17. The molecule has 0 fully saturated rings. The van der Waals surface area contributed by atoms with Gasteiger partial charge in [0.2, 0.25) is 0 Å². The molecule has 0 spiro atoms. The van der Waals surface area contributed by atoms with Crippen molar-refractivity contribution in [3.05, 3.63) is 57.8 Å². The molecule has 1 aromatic carbocycles. The number of nitrogens with zero attached hydrogens (tertiary/aromatic N) is 1. The van der Waals surface area contributed by atoms with Crippen LogP contribution in [0.15, 0.2) is 36.7 Å². The number of benzene rings is 1. The maximum Gasteiger partial charge on any atom is 0.418 e. The zero-order valence-electron chi connectivity index (χ0n) is 10.0. The molecule has 1 unspecified atom stereocenters. The number of aliphatic hydroxyl groups excluding tert-OH is 1. The van der Waals surface area contributed by atoms with Gasteiger partial charge in [0, 0.05) is 40.1 Å². The summed E-state index contributed by atoms with van der Waals surface area (Å²) in [5.74, 6) is 0. The van der Waals surface area contributed by atoms with Crippen molar-refractivity contribution < 1.29 is 18.3 Å². The molecule has 1 N–H and O–H groups in total. The molecular weight excluding hydrogens is 314 g/mol. The Kier molecular flexibility index (Phi) is 4.32. The van der Waals surface area contributed by atoms with Crippen LogP contribution in [0.1, 0.15) is 17.2 Å². The summed E-state index contributed by atoms with van der Waals surface area (Å²) in [7, 11) is 0. The second-order valence-corrected chi connectivity index (χ2v) is 5.08. The van der Waals surface area contributed by atoms with Crippen LogP contribution in [0.4, 0.5) is 13.2 Å². The van der Waals surface area contributed by atoms with Gasteiger partial charge in [0.05, 0.1) is 0 Å². The maximum atomic E-state index is 12.4. The van der Waals surface area contributed by atoms with Crippen LogP contribution in [0.5, 0.6) is 0 Å². The fraction of sp³-hybridized carbons (Fsp3) is 0.231. The molecule has 0 saturated heterocycles. The highest BCUT2D eigenvalue weighted by molar-refractivity contribution is 6.35. The Balaban J connectivity index is 2.22. The van der Waals surface area contributed by atoms with E-state index in [1.807, 2.05) is 0 Å². The molecule has 1 aromatic heterocycles. The zero-order chi connectivity index (χ0) is 14.9. The molecule has 0 bridgehead atoms. The van der Waals surface area contributed by atoms with E-state index in [0.29, 0.717) is 15.6 Å². The Morgan fingerprint density at radius 3 is 2.30 bits per heavy atom. The van der Waals surface area contributed by atoms with Crippen LogP contribution in [0.2, 0.25) is 10.0 Å². The van der Waals surface area contributed by atoms with Gasteiger partial charge in [-0.3, -0.25) is 0 Å². The second kappa shape index (κ2) is 5.68. The molecule has 0 saturated carbocycles. The molecule has 2 nitrogen and oxygen atoms in total. The molecular formula is C13H10Cl2F3NO. The van der Waals surface area contributed by atoms with Crippen molar-refractivity contribution in [2.24, 2.45) is 0 Å². The van der Waals surface area contributed by atoms with Crippen molar-refractivity contribution in [3.8, 4) is 0 Å². The third-order valence-corrected chi connectivity index (χ3v) is 3.51. The van der Waals surface area contributed by atoms with Gasteiger partial charge in [-0.05, 0) is 18.2 Å². The fourth-order valence-corrected chi connectivity index (χ4v) is 2.29. The summed E-state index contributed by atoms with van der Waals surface area (Å²) in [5, 5.41) is 10.0. The minimum absolute atomic E-state index is 0.222. The number of aliphatic hydroxyl groups is 1. The summed E-state index contributed by atoms with van der Waals surface area (Å²) in [6, 6.07) is 6.20. The molecule has 1 atom stereocenters. The predicted octanol–water partition coefficient (Wildman–Crippen LogP) is 4.44. The Morgan fingerprint density at radius 1 is 1.15 bits per heavy atom. The van der Waals surface area contributed by atoms with Crippen LogP contribution in [-0.2, 0) is 6.54 Å². The number of rotatable bonds is 3. The van der Waals surface area contributed by atoms with E-state index in [0.717, 1.165) is 0 Å². The SMILES string of the molecule is OC(c1ccn(Cc2c(Cl)cccc2Cl)c1)C(F)(F)F. The van der Waals surface area contributed by atoms with Crippen LogP contribution in [0.3, 0.4) is 0 Å². The highest BCUT2D eigenvalue weighted by Gasteiger charge is 2.39. The molecule has 2 aromatic rings. The van der Waals surface area contributed by atoms with Crippen LogP contribution in [0, 0.1) is 0 Å². The van der Waals surface area contributed by atoms with Gasteiger partial charge in [-0.25, -0.2) is 0 Å². The van der Waals surface area contributed by atoms with Gasteiger partial charge in [0.25, 0.3) is 0 Å². The molecule has 2 rings (SSSR count). The first kappa shape index (κ1) is 15.2. The fourth-order valence-electron chi connectivity index (χ4n) is 1.77. The van der Waals surface area contributed by atoms with Crippen LogP contribution in [-0.4, -0.2) is 15.8 Å². The number of hydrogen-bond donors (Lipinski definition) is 1. The summed E-state index contributed by atoms with van der Waals surface area (Å²) in [5.41, 5.74) is 0.389. The van der Waals surface area contributed by atoms with Crippen LogP contribution < -0.4 is 0 Å². The molecule has 0 amide bonds. The van der Waals surface area contributed by atoms with E-state index in [-0.39, 0.29) is 12.1 Å². The molecule has 0 radical (unpaired) electrons. The van der Waals surface area contributed by atoms with Crippen molar-refractivity contribution in [1.29, 1.82) is 0 Å². The third-order valence-electron chi connectivity index (χ3n) is 2.80. The van der Waals surface area contributed by atoms with Gasteiger partial charge < -0.3 is 9.67 Å². The first-order chi connectivity index (χ1) is 9.29. The first-order valence-corrected chi connectivity index (χ1v) is 6.38. The molecule has 0 aliphatic rings. The van der Waals surface area contributed by atoms with E-state index in [1.165, 1.54) is 23.0 Å². The molecule has 0 aliphatic heterocycles. The van der Waals surface area contributed by atoms with Gasteiger partial charge in [0.1, 0.15) is 0 Å². The lowest BCUT2D eigenvalue weighted by Crippen LogP contribution is -2.19. The summed E-state index contributed by atoms with van der Waals surface area (Å²) < 4.78 is 38.7. The smallest absolute Gasteiger partial charge is 0.379 e. The van der Waals surface area contributed by atoms with E-state index < -0.39 is 12.3 Å². The lowest BCUT2D eigenvalue weighted by Gasteiger charge is -2.13. The van der Waals surface area contributed by atoms with E-state index >= 15 is 0 Å². The largest absolute Gasteiger partial charge is 0.418 e. The number of halogens is 5. The lowest BCUT2D eigenvalue weighted by atomic mass is 10.2. The quantitative estimate of drug-likeness (QED) is 0.887. The van der Waals surface area contributed by atoms with E-state index in [4.69, 9.17) is 28.3 Å². The highest BCUT2D eigenvalue weighted by atomic mass is 35.5. The molecule has 20 heavy (non-hydrogen) atoms. The lowest BCUT2D eigenvalue weighted by molar-refractivity contribution is -0.206. The summed E-state index contributed by atoms with van der Waals surface area (Å²) in [6.07, 6.45) is -4.53. The monoisotopic (exact) mass is 323 g/mol. The minimum atomic E-state index is -4.69. The van der Waals surface area contributed by atoms with Crippen molar-refractivity contribution in [2.75, 3.05) is 0 Å². The average Bonchev–Trinajstić information content (AvgIpc) is 2.80. The number of alkyl halides is 3. The summed E-state index contributed by atoms with van der Waals surface area (Å²) in [4.78, 5) is 0. The average molecular weight is 324 g/mol. The first-order valence-electron chi connectivity index (χ1n) is 5.62.